The first-order valence-corrected chi connectivity index (χ1v) is 5.80. The molecule has 1 saturated heterocycles. The molecule has 0 atom stereocenters. The van der Waals surface area contributed by atoms with Crippen LogP contribution in [0.15, 0.2) is 0 Å². The van der Waals surface area contributed by atoms with Gasteiger partial charge in [0.2, 0.25) is 0 Å². The summed E-state index contributed by atoms with van der Waals surface area (Å²) in [5, 5.41) is 7.58. The highest BCUT2D eigenvalue weighted by atomic mass is 33.1. The maximum absolute atomic E-state index is 10.2. The van der Waals surface area contributed by atoms with Gasteiger partial charge in [-0.05, 0) is 7.05 Å². The first kappa shape index (κ1) is 10.2. The summed E-state index contributed by atoms with van der Waals surface area (Å²) in [6, 6.07) is 0. The maximum Gasteiger partial charge on any atom is 0.376 e. The Morgan fingerprint density at radius 1 is 1.33 bits per heavy atom. The summed E-state index contributed by atoms with van der Waals surface area (Å²) < 4.78 is 2.08. The molecule has 0 aromatic heterocycles. The second-order valence-corrected chi connectivity index (χ2v) is 4.78. The molecule has 6 heteroatoms. The smallest absolute Gasteiger partial charge is 0.376 e. The zero-order valence-electron chi connectivity index (χ0n) is 6.89. The standard InChI is InChI=1S/C6H12N2O2S2/c1-7-2-4-8(5-3-7)12-11-6(9)10/h2-5H2,1H3,(H,9,10). The van der Waals surface area contributed by atoms with Crippen molar-refractivity contribution in [2.24, 2.45) is 0 Å². The summed E-state index contributed by atoms with van der Waals surface area (Å²) in [5.41, 5.74) is 0. The summed E-state index contributed by atoms with van der Waals surface area (Å²) >= 11 is 0. The Hall–Kier alpha value is 0.0900. The monoisotopic (exact) mass is 208 g/mol. The summed E-state index contributed by atoms with van der Waals surface area (Å²) in [6.07, 6.45) is 0. The molecule has 12 heavy (non-hydrogen) atoms. The van der Waals surface area contributed by atoms with E-state index in [1.165, 1.54) is 11.0 Å². The van der Waals surface area contributed by atoms with Gasteiger partial charge < -0.3 is 10.0 Å². The zero-order chi connectivity index (χ0) is 8.97. The highest BCUT2D eigenvalue weighted by Crippen LogP contribution is 2.26. The number of nitrogens with zero attached hydrogens (tertiary/aromatic N) is 2. The Morgan fingerprint density at radius 3 is 2.42 bits per heavy atom. The molecule has 1 heterocycles. The molecule has 0 unspecified atom stereocenters. The van der Waals surface area contributed by atoms with Gasteiger partial charge in [-0.25, -0.2) is 9.10 Å². The van der Waals surface area contributed by atoms with Crippen LogP contribution >= 0.6 is 21.8 Å². The van der Waals surface area contributed by atoms with Crippen LogP contribution < -0.4 is 0 Å². The van der Waals surface area contributed by atoms with E-state index in [1.54, 1.807) is 0 Å². The lowest BCUT2D eigenvalue weighted by Crippen LogP contribution is -2.40. The third-order valence-electron chi connectivity index (χ3n) is 1.68. The van der Waals surface area contributed by atoms with Crippen LogP contribution in [0.25, 0.3) is 0 Å². The van der Waals surface area contributed by atoms with Crippen molar-refractivity contribution in [1.29, 1.82) is 0 Å². The summed E-state index contributed by atoms with van der Waals surface area (Å²) in [4.78, 5) is 12.4. The topological polar surface area (TPSA) is 43.8 Å². The maximum atomic E-state index is 10.2. The van der Waals surface area contributed by atoms with Crippen molar-refractivity contribution in [3.8, 4) is 0 Å². The lowest BCUT2D eigenvalue weighted by Gasteiger charge is -2.30. The van der Waals surface area contributed by atoms with Gasteiger partial charge in [0.15, 0.2) is 0 Å². The second kappa shape index (κ2) is 4.96. The first-order valence-electron chi connectivity index (χ1n) is 3.69. The molecule has 1 rings (SSSR count). The molecule has 1 fully saturated rings. The predicted molar refractivity (Wildman–Crippen MR) is 52.3 cm³/mol. The van der Waals surface area contributed by atoms with Crippen molar-refractivity contribution in [3.63, 3.8) is 0 Å². The van der Waals surface area contributed by atoms with E-state index in [0.717, 1.165) is 37.0 Å². The molecule has 0 aromatic carbocycles. The second-order valence-electron chi connectivity index (χ2n) is 2.66. The van der Waals surface area contributed by atoms with Crippen LogP contribution in [0.4, 0.5) is 4.79 Å². The van der Waals surface area contributed by atoms with E-state index in [4.69, 9.17) is 5.11 Å². The average molecular weight is 208 g/mol. The van der Waals surface area contributed by atoms with Gasteiger partial charge >= 0.3 is 5.30 Å². The van der Waals surface area contributed by atoms with E-state index in [-0.39, 0.29) is 0 Å². The number of rotatable bonds is 2. The van der Waals surface area contributed by atoms with Crippen LogP contribution in [-0.2, 0) is 0 Å². The van der Waals surface area contributed by atoms with E-state index in [0.29, 0.717) is 0 Å². The zero-order valence-corrected chi connectivity index (χ0v) is 8.53. The fraction of sp³-hybridized carbons (Fsp3) is 0.833. The minimum Gasteiger partial charge on any atom is -0.472 e. The Balaban J connectivity index is 2.13. The molecule has 70 valence electrons. The number of hydrogen-bond acceptors (Lipinski definition) is 5. The molecule has 0 spiro atoms. The molecule has 0 aliphatic carbocycles. The van der Waals surface area contributed by atoms with E-state index in [1.807, 2.05) is 0 Å². The number of hydrogen-bond donors (Lipinski definition) is 1. The van der Waals surface area contributed by atoms with Crippen LogP contribution in [0.1, 0.15) is 0 Å². The van der Waals surface area contributed by atoms with Gasteiger partial charge in [0.25, 0.3) is 0 Å². The lowest BCUT2D eigenvalue weighted by molar-refractivity contribution is 0.222. The Bertz CT molecular complexity index is 160. The van der Waals surface area contributed by atoms with Gasteiger partial charge in [-0.15, -0.1) is 0 Å². The normalized spacial score (nSPS) is 21.1. The number of carboxylic acid groups (broad SMARTS) is 1. The Kier molecular flexibility index (Phi) is 4.20. The summed E-state index contributed by atoms with van der Waals surface area (Å²) in [7, 11) is 4.29. The van der Waals surface area contributed by atoms with Crippen LogP contribution in [-0.4, -0.2) is 52.8 Å². The van der Waals surface area contributed by atoms with Gasteiger partial charge in [-0.3, -0.25) is 0 Å². The van der Waals surface area contributed by atoms with Crippen LogP contribution in [0.3, 0.4) is 0 Å². The van der Waals surface area contributed by atoms with Crippen molar-refractivity contribution >= 4 is 27.1 Å². The van der Waals surface area contributed by atoms with Gasteiger partial charge in [-0.1, -0.05) is 0 Å². The van der Waals surface area contributed by atoms with Gasteiger partial charge in [0.05, 0.1) is 0 Å². The highest BCUT2D eigenvalue weighted by Gasteiger charge is 2.15. The van der Waals surface area contributed by atoms with E-state index < -0.39 is 5.30 Å². The molecule has 1 aliphatic heterocycles. The van der Waals surface area contributed by atoms with Crippen LogP contribution in [0, 0.1) is 0 Å². The molecule has 1 aliphatic rings. The molecular formula is C6H12N2O2S2. The van der Waals surface area contributed by atoms with Gasteiger partial charge in [-0.2, -0.15) is 0 Å². The molecule has 0 aromatic rings. The Morgan fingerprint density at radius 2 is 1.92 bits per heavy atom. The number of carbonyl (C=O) groups is 1. The minimum atomic E-state index is -0.820. The molecule has 0 saturated carbocycles. The number of piperazine rings is 1. The highest BCUT2D eigenvalue weighted by molar-refractivity contribution is 8.81. The van der Waals surface area contributed by atoms with Crippen LogP contribution in [0.5, 0.6) is 0 Å². The molecule has 0 bridgehead atoms. The number of likely N-dealkylation sites (N-methyl/N-ethyl adjacent to an activating group) is 1. The van der Waals surface area contributed by atoms with Gasteiger partial charge in [0.1, 0.15) is 0 Å². The fourth-order valence-corrected chi connectivity index (χ4v) is 2.38. The van der Waals surface area contributed by atoms with E-state index in [2.05, 4.69) is 16.3 Å². The van der Waals surface area contributed by atoms with E-state index >= 15 is 0 Å². The largest absolute Gasteiger partial charge is 0.472 e. The Labute approximate surface area is 79.8 Å². The van der Waals surface area contributed by atoms with E-state index in [9.17, 15) is 4.79 Å². The summed E-state index contributed by atoms with van der Waals surface area (Å²) in [5.74, 6) is 0. The lowest BCUT2D eigenvalue weighted by atomic mass is 10.4. The van der Waals surface area contributed by atoms with Crippen molar-refractivity contribution in [3.05, 3.63) is 0 Å². The molecule has 0 amide bonds. The van der Waals surface area contributed by atoms with Crippen molar-refractivity contribution in [2.45, 2.75) is 0 Å². The van der Waals surface area contributed by atoms with Gasteiger partial charge in [0, 0.05) is 48.0 Å². The average Bonchev–Trinajstić information content (AvgIpc) is 2.03. The van der Waals surface area contributed by atoms with Crippen LogP contribution in [0.2, 0.25) is 0 Å². The third-order valence-corrected chi connectivity index (χ3v) is 3.75. The minimum absolute atomic E-state index is 0.820. The molecule has 1 N–H and O–H groups in total. The fourth-order valence-electron chi connectivity index (χ4n) is 0.947. The first-order chi connectivity index (χ1) is 5.68. The summed E-state index contributed by atoms with van der Waals surface area (Å²) in [6.45, 7) is 3.93. The quantitative estimate of drug-likeness (QED) is 0.543. The third kappa shape index (κ3) is 3.66. The molecule has 4 nitrogen and oxygen atoms in total. The molecular weight excluding hydrogens is 196 g/mol. The van der Waals surface area contributed by atoms with Crippen molar-refractivity contribution in [2.75, 3.05) is 33.2 Å². The predicted octanol–water partition coefficient (Wildman–Crippen LogP) is 1.21. The van der Waals surface area contributed by atoms with Crippen molar-refractivity contribution < 1.29 is 9.90 Å². The SMILES string of the molecule is CN1CCN(SSC(=O)O)CC1. The molecule has 0 radical (unpaired) electrons. The van der Waals surface area contributed by atoms with Crippen molar-refractivity contribution in [1.82, 2.24) is 9.21 Å².